The molecule has 0 bridgehead atoms. The largest absolute Gasteiger partial charge is 0.494 e. The molecule has 4 nitrogen and oxygen atoms in total. The summed E-state index contributed by atoms with van der Waals surface area (Å²) in [6.45, 7) is 4.30. The van der Waals surface area contributed by atoms with Crippen molar-refractivity contribution in [1.82, 2.24) is 5.32 Å². The second kappa shape index (κ2) is 4.99. The quantitative estimate of drug-likeness (QED) is 0.781. The van der Waals surface area contributed by atoms with Crippen LogP contribution in [0, 0.1) is 0 Å². The maximum absolute atomic E-state index is 11.4. The van der Waals surface area contributed by atoms with Crippen molar-refractivity contribution in [1.29, 1.82) is 0 Å². The highest BCUT2D eigenvalue weighted by molar-refractivity contribution is 5.85. The van der Waals surface area contributed by atoms with Crippen molar-refractivity contribution < 1.29 is 9.53 Å². The van der Waals surface area contributed by atoms with Crippen LogP contribution >= 0.6 is 0 Å². The number of nitrogens with one attached hydrogen (secondary N) is 1. The highest BCUT2D eigenvalue weighted by atomic mass is 16.5. The molecule has 0 saturated heterocycles. The average Bonchev–Trinajstić information content (AvgIpc) is 2.29. The molecule has 0 aromatic heterocycles. The van der Waals surface area contributed by atoms with Gasteiger partial charge in [0.1, 0.15) is 11.3 Å². The van der Waals surface area contributed by atoms with Crippen molar-refractivity contribution >= 4 is 5.91 Å². The Hall–Kier alpha value is -1.55. The van der Waals surface area contributed by atoms with Crippen LogP contribution in [0.3, 0.4) is 0 Å². The number of hydrogen-bond acceptors (Lipinski definition) is 3. The fourth-order valence-corrected chi connectivity index (χ4v) is 1.46. The molecule has 1 aromatic carbocycles. The van der Waals surface area contributed by atoms with E-state index in [0.29, 0.717) is 6.61 Å². The number of carbonyl (C=O) groups is 1. The van der Waals surface area contributed by atoms with Crippen molar-refractivity contribution in [3.05, 3.63) is 29.8 Å². The third-order valence-corrected chi connectivity index (χ3v) is 2.74. The average molecular weight is 222 g/mol. The first-order valence-corrected chi connectivity index (χ1v) is 5.26. The Bertz CT molecular complexity index is 362. The normalized spacial score (nSPS) is 14.2. The zero-order valence-corrected chi connectivity index (χ0v) is 9.91. The summed E-state index contributed by atoms with van der Waals surface area (Å²) in [6, 6.07) is 7.34. The molecule has 88 valence electrons. The zero-order chi connectivity index (χ0) is 12.2. The van der Waals surface area contributed by atoms with Crippen LogP contribution in [0.1, 0.15) is 19.4 Å². The summed E-state index contributed by atoms with van der Waals surface area (Å²) in [6.07, 6.45) is 0. The first-order chi connectivity index (χ1) is 7.54. The third kappa shape index (κ3) is 2.33. The molecule has 16 heavy (non-hydrogen) atoms. The molecule has 1 unspecified atom stereocenters. The first kappa shape index (κ1) is 12.5. The van der Waals surface area contributed by atoms with Crippen LogP contribution < -0.4 is 15.8 Å². The van der Waals surface area contributed by atoms with Crippen LogP contribution in [-0.2, 0) is 10.3 Å². The van der Waals surface area contributed by atoms with Crippen LogP contribution in [0.25, 0.3) is 0 Å². The van der Waals surface area contributed by atoms with Crippen LogP contribution in [-0.4, -0.2) is 19.6 Å². The van der Waals surface area contributed by atoms with E-state index in [1.165, 1.54) is 0 Å². The molecule has 1 rings (SSSR count). The summed E-state index contributed by atoms with van der Waals surface area (Å²) in [5.41, 5.74) is 5.36. The van der Waals surface area contributed by atoms with Crippen molar-refractivity contribution in [2.24, 2.45) is 5.73 Å². The Morgan fingerprint density at radius 3 is 2.38 bits per heavy atom. The van der Waals surface area contributed by atoms with Crippen LogP contribution in [0.4, 0.5) is 0 Å². The maximum Gasteiger partial charge on any atom is 0.242 e. The molecule has 1 aromatic rings. The molecule has 0 aliphatic carbocycles. The van der Waals surface area contributed by atoms with E-state index < -0.39 is 11.4 Å². The Morgan fingerprint density at radius 1 is 1.44 bits per heavy atom. The second-order valence-corrected chi connectivity index (χ2v) is 3.70. The van der Waals surface area contributed by atoms with Gasteiger partial charge in [-0.1, -0.05) is 12.1 Å². The van der Waals surface area contributed by atoms with Crippen LogP contribution in [0.5, 0.6) is 5.75 Å². The number of likely N-dealkylation sites (N-methyl/N-ethyl adjacent to an activating group) is 1. The van der Waals surface area contributed by atoms with Gasteiger partial charge in [0.15, 0.2) is 0 Å². The van der Waals surface area contributed by atoms with E-state index in [2.05, 4.69) is 5.32 Å². The Morgan fingerprint density at radius 2 is 2.00 bits per heavy atom. The van der Waals surface area contributed by atoms with Gasteiger partial charge in [-0.05, 0) is 38.6 Å². The molecule has 0 radical (unpaired) electrons. The molecule has 3 N–H and O–H groups in total. The van der Waals surface area contributed by atoms with Crippen molar-refractivity contribution in [2.75, 3.05) is 13.7 Å². The van der Waals surface area contributed by atoms with Gasteiger partial charge in [0.25, 0.3) is 0 Å². The topological polar surface area (TPSA) is 64.3 Å². The molecule has 1 amide bonds. The number of amides is 1. The lowest BCUT2D eigenvalue weighted by molar-refractivity contribution is -0.123. The SMILES string of the molecule is CCOc1ccc(C(C)(NC)C(N)=O)cc1. The molecule has 0 saturated carbocycles. The van der Waals surface area contributed by atoms with E-state index in [9.17, 15) is 4.79 Å². The predicted molar refractivity (Wildman–Crippen MR) is 63.2 cm³/mol. The minimum absolute atomic E-state index is 0.404. The lowest BCUT2D eigenvalue weighted by atomic mass is 9.91. The van der Waals surface area contributed by atoms with Gasteiger partial charge >= 0.3 is 0 Å². The minimum atomic E-state index is -0.843. The van der Waals surface area contributed by atoms with Crippen LogP contribution in [0.15, 0.2) is 24.3 Å². The monoisotopic (exact) mass is 222 g/mol. The molecule has 1 atom stereocenters. The van der Waals surface area contributed by atoms with E-state index in [-0.39, 0.29) is 0 Å². The lowest BCUT2D eigenvalue weighted by Crippen LogP contribution is -2.48. The van der Waals surface area contributed by atoms with E-state index in [4.69, 9.17) is 10.5 Å². The third-order valence-electron chi connectivity index (χ3n) is 2.74. The van der Waals surface area contributed by atoms with E-state index in [1.54, 1.807) is 14.0 Å². The van der Waals surface area contributed by atoms with Crippen molar-refractivity contribution in [3.8, 4) is 5.75 Å². The van der Waals surface area contributed by atoms with E-state index in [1.807, 2.05) is 31.2 Å². The summed E-state index contributed by atoms with van der Waals surface area (Å²) < 4.78 is 5.33. The fraction of sp³-hybridized carbons (Fsp3) is 0.417. The lowest BCUT2D eigenvalue weighted by Gasteiger charge is -2.26. The minimum Gasteiger partial charge on any atom is -0.494 e. The number of nitrogens with two attached hydrogens (primary N) is 1. The smallest absolute Gasteiger partial charge is 0.242 e. The Kier molecular flexibility index (Phi) is 3.90. The molecule has 0 spiro atoms. The molecule has 0 fully saturated rings. The highest BCUT2D eigenvalue weighted by Gasteiger charge is 2.30. The predicted octanol–water partition coefficient (Wildman–Crippen LogP) is 1.01. The zero-order valence-electron chi connectivity index (χ0n) is 9.91. The van der Waals surface area contributed by atoms with Gasteiger partial charge in [-0.25, -0.2) is 0 Å². The molecule has 0 heterocycles. The van der Waals surface area contributed by atoms with Gasteiger partial charge < -0.3 is 15.8 Å². The maximum atomic E-state index is 11.4. The molecule has 0 aliphatic rings. The summed E-state index contributed by atoms with van der Waals surface area (Å²) in [5, 5.41) is 2.93. The Balaban J connectivity index is 2.99. The molecule has 4 heteroatoms. The highest BCUT2D eigenvalue weighted by Crippen LogP contribution is 2.22. The van der Waals surface area contributed by atoms with Gasteiger partial charge in [-0.2, -0.15) is 0 Å². The standard InChI is InChI=1S/C12H18N2O2/c1-4-16-10-7-5-9(6-8-10)12(2,14-3)11(13)15/h5-8,14H,4H2,1-3H3,(H2,13,15). The van der Waals surface area contributed by atoms with Gasteiger partial charge in [0.05, 0.1) is 6.61 Å². The summed E-state index contributed by atoms with van der Waals surface area (Å²) >= 11 is 0. The summed E-state index contributed by atoms with van der Waals surface area (Å²) in [4.78, 5) is 11.4. The van der Waals surface area contributed by atoms with Crippen molar-refractivity contribution in [2.45, 2.75) is 19.4 Å². The second-order valence-electron chi connectivity index (χ2n) is 3.70. The summed E-state index contributed by atoms with van der Waals surface area (Å²) in [5.74, 6) is 0.383. The van der Waals surface area contributed by atoms with Gasteiger partial charge in [-0.3, -0.25) is 4.79 Å². The summed E-state index contributed by atoms with van der Waals surface area (Å²) in [7, 11) is 1.71. The van der Waals surface area contributed by atoms with E-state index >= 15 is 0 Å². The fourth-order valence-electron chi connectivity index (χ4n) is 1.46. The number of benzene rings is 1. The van der Waals surface area contributed by atoms with E-state index in [0.717, 1.165) is 11.3 Å². The number of rotatable bonds is 5. The molecular weight excluding hydrogens is 204 g/mol. The van der Waals surface area contributed by atoms with Gasteiger partial charge in [0.2, 0.25) is 5.91 Å². The Labute approximate surface area is 95.8 Å². The number of hydrogen-bond donors (Lipinski definition) is 2. The number of carbonyl (C=O) groups excluding carboxylic acids is 1. The number of primary amides is 1. The van der Waals surface area contributed by atoms with Gasteiger partial charge in [0, 0.05) is 0 Å². The first-order valence-electron chi connectivity index (χ1n) is 5.26. The molecular formula is C12H18N2O2. The molecule has 0 aliphatic heterocycles. The van der Waals surface area contributed by atoms with Gasteiger partial charge in [-0.15, -0.1) is 0 Å². The number of ether oxygens (including phenoxy) is 1. The van der Waals surface area contributed by atoms with Crippen molar-refractivity contribution in [3.63, 3.8) is 0 Å². The van der Waals surface area contributed by atoms with Crippen LogP contribution in [0.2, 0.25) is 0 Å².